The molecule has 0 heterocycles. The highest BCUT2D eigenvalue weighted by Crippen LogP contribution is 2.28. The SMILES string of the molecule is COc1ccc(CN(C)C(C)C(=O)Nc2cc(F)ccc2F)cc1OC. The van der Waals surface area contributed by atoms with Gasteiger partial charge in [-0.2, -0.15) is 0 Å². The van der Waals surface area contributed by atoms with Crippen LogP contribution in [0.3, 0.4) is 0 Å². The Bertz CT molecular complexity index is 783. The molecule has 0 bridgehead atoms. The van der Waals surface area contributed by atoms with Crippen LogP contribution in [0.1, 0.15) is 12.5 Å². The molecule has 0 radical (unpaired) electrons. The van der Waals surface area contributed by atoms with Gasteiger partial charge in [-0.3, -0.25) is 9.69 Å². The van der Waals surface area contributed by atoms with E-state index in [1.807, 2.05) is 12.1 Å². The minimum absolute atomic E-state index is 0.179. The van der Waals surface area contributed by atoms with Crippen LogP contribution in [-0.4, -0.2) is 38.1 Å². The van der Waals surface area contributed by atoms with E-state index in [1.165, 1.54) is 0 Å². The zero-order valence-corrected chi connectivity index (χ0v) is 15.2. The summed E-state index contributed by atoms with van der Waals surface area (Å²) in [5.41, 5.74) is 0.739. The largest absolute Gasteiger partial charge is 0.493 e. The quantitative estimate of drug-likeness (QED) is 0.818. The molecule has 5 nitrogen and oxygen atoms in total. The van der Waals surface area contributed by atoms with Crippen LogP contribution in [0.5, 0.6) is 11.5 Å². The number of carbonyl (C=O) groups is 1. The summed E-state index contributed by atoms with van der Waals surface area (Å²) in [6, 6.07) is 7.84. The summed E-state index contributed by atoms with van der Waals surface area (Å²) in [7, 11) is 4.87. The van der Waals surface area contributed by atoms with Crippen molar-refractivity contribution in [2.24, 2.45) is 0 Å². The second kappa shape index (κ2) is 8.62. The van der Waals surface area contributed by atoms with Crippen LogP contribution >= 0.6 is 0 Å². The Labute approximate surface area is 151 Å². The molecule has 26 heavy (non-hydrogen) atoms. The second-order valence-electron chi connectivity index (χ2n) is 5.89. The third kappa shape index (κ3) is 4.70. The van der Waals surface area contributed by atoms with E-state index in [9.17, 15) is 13.6 Å². The molecular weight excluding hydrogens is 342 g/mol. The predicted molar refractivity (Wildman–Crippen MR) is 95.5 cm³/mol. The number of amides is 1. The van der Waals surface area contributed by atoms with Crippen LogP contribution in [0.15, 0.2) is 36.4 Å². The fourth-order valence-electron chi connectivity index (χ4n) is 2.43. The van der Waals surface area contributed by atoms with Crippen molar-refractivity contribution >= 4 is 11.6 Å². The maximum atomic E-state index is 13.7. The van der Waals surface area contributed by atoms with Gasteiger partial charge in [0.2, 0.25) is 5.91 Å². The number of ether oxygens (including phenoxy) is 2. The molecule has 0 aromatic heterocycles. The lowest BCUT2D eigenvalue weighted by Crippen LogP contribution is -2.39. The number of likely N-dealkylation sites (N-methyl/N-ethyl adjacent to an activating group) is 1. The molecular formula is C19H22F2N2O3. The van der Waals surface area contributed by atoms with Crippen LogP contribution in [0.2, 0.25) is 0 Å². The van der Waals surface area contributed by atoms with Crippen molar-refractivity contribution in [3.8, 4) is 11.5 Å². The van der Waals surface area contributed by atoms with Crippen molar-refractivity contribution in [2.45, 2.75) is 19.5 Å². The zero-order valence-electron chi connectivity index (χ0n) is 15.2. The van der Waals surface area contributed by atoms with E-state index < -0.39 is 23.6 Å². The van der Waals surface area contributed by atoms with Crippen molar-refractivity contribution < 1.29 is 23.0 Å². The first-order valence-electron chi connectivity index (χ1n) is 8.02. The standard InChI is InChI=1S/C19H22F2N2O3/c1-12(19(24)22-16-10-14(20)6-7-15(16)21)23(2)11-13-5-8-17(25-3)18(9-13)26-4/h5-10,12H,11H2,1-4H3,(H,22,24). The average molecular weight is 364 g/mol. The number of hydrogen-bond acceptors (Lipinski definition) is 4. The Kier molecular flexibility index (Phi) is 6.52. The molecule has 2 aromatic rings. The maximum Gasteiger partial charge on any atom is 0.241 e. The fourth-order valence-corrected chi connectivity index (χ4v) is 2.43. The predicted octanol–water partition coefficient (Wildman–Crippen LogP) is 3.44. The van der Waals surface area contributed by atoms with Gasteiger partial charge in [0.05, 0.1) is 25.9 Å². The molecule has 0 saturated heterocycles. The van der Waals surface area contributed by atoms with Gasteiger partial charge in [0.1, 0.15) is 11.6 Å². The van der Waals surface area contributed by atoms with Gasteiger partial charge in [0, 0.05) is 12.6 Å². The lowest BCUT2D eigenvalue weighted by Gasteiger charge is -2.24. The lowest BCUT2D eigenvalue weighted by molar-refractivity contribution is -0.120. The summed E-state index contributed by atoms with van der Waals surface area (Å²) in [6.45, 7) is 2.15. The minimum Gasteiger partial charge on any atom is -0.493 e. The van der Waals surface area contributed by atoms with Gasteiger partial charge >= 0.3 is 0 Å². The number of anilines is 1. The molecule has 2 aromatic carbocycles. The average Bonchev–Trinajstić information content (AvgIpc) is 2.63. The Morgan fingerprint density at radius 1 is 1.12 bits per heavy atom. The molecule has 0 aliphatic rings. The van der Waals surface area contributed by atoms with Crippen molar-refractivity contribution in [1.29, 1.82) is 0 Å². The highest BCUT2D eigenvalue weighted by Gasteiger charge is 2.20. The topological polar surface area (TPSA) is 50.8 Å². The zero-order chi connectivity index (χ0) is 19.3. The summed E-state index contributed by atoms with van der Waals surface area (Å²) in [4.78, 5) is 14.1. The molecule has 0 fully saturated rings. The number of nitrogens with one attached hydrogen (secondary N) is 1. The van der Waals surface area contributed by atoms with E-state index >= 15 is 0 Å². The van der Waals surface area contributed by atoms with Gasteiger partial charge in [-0.15, -0.1) is 0 Å². The van der Waals surface area contributed by atoms with Gasteiger partial charge in [-0.1, -0.05) is 6.07 Å². The Balaban J connectivity index is 2.05. The number of hydrogen-bond donors (Lipinski definition) is 1. The van der Waals surface area contributed by atoms with E-state index in [4.69, 9.17) is 9.47 Å². The van der Waals surface area contributed by atoms with Crippen LogP contribution in [-0.2, 0) is 11.3 Å². The van der Waals surface area contributed by atoms with E-state index in [1.54, 1.807) is 39.2 Å². The highest BCUT2D eigenvalue weighted by molar-refractivity contribution is 5.94. The Morgan fingerprint density at radius 2 is 1.81 bits per heavy atom. The van der Waals surface area contributed by atoms with E-state index in [-0.39, 0.29) is 5.69 Å². The molecule has 0 spiro atoms. The van der Waals surface area contributed by atoms with Crippen molar-refractivity contribution in [3.63, 3.8) is 0 Å². The molecule has 1 N–H and O–H groups in total. The third-order valence-electron chi connectivity index (χ3n) is 4.11. The van der Waals surface area contributed by atoms with Gasteiger partial charge in [0.15, 0.2) is 11.5 Å². The Morgan fingerprint density at radius 3 is 2.46 bits per heavy atom. The first kappa shape index (κ1) is 19.7. The summed E-state index contributed by atoms with van der Waals surface area (Å²) < 4.78 is 37.4. The first-order valence-corrected chi connectivity index (χ1v) is 8.02. The van der Waals surface area contributed by atoms with Gasteiger partial charge in [-0.25, -0.2) is 8.78 Å². The summed E-state index contributed by atoms with van der Waals surface area (Å²) in [5.74, 6) is -0.524. The van der Waals surface area contributed by atoms with Gasteiger partial charge in [-0.05, 0) is 43.8 Å². The third-order valence-corrected chi connectivity index (χ3v) is 4.11. The molecule has 1 atom stereocenters. The molecule has 0 aliphatic heterocycles. The summed E-state index contributed by atoms with van der Waals surface area (Å²) in [5, 5.41) is 2.42. The number of benzene rings is 2. The fraction of sp³-hybridized carbons (Fsp3) is 0.316. The van der Waals surface area contributed by atoms with Gasteiger partial charge < -0.3 is 14.8 Å². The van der Waals surface area contributed by atoms with Crippen LogP contribution in [0.25, 0.3) is 0 Å². The van der Waals surface area contributed by atoms with Crippen molar-refractivity contribution in [3.05, 3.63) is 53.6 Å². The molecule has 7 heteroatoms. The van der Waals surface area contributed by atoms with E-state index in [0.29, 0.717) is 18.0 Å². The van der Waals surface area contributed by atoms with Crippen LogP contribution in [0.4, 0.5) is 14.5 Å². The van der Waals surface area contributed by atoms with E-state index in [2.05, 4.69) is 5.32 Å². The highest BCUT2D eigenvalue weighted by atomic mass is 19.1. The summed E-state index contributed by atoms with van der Waals surface area (Å²) >= 11 is 0. The number of rotatable bonds is 7. The second-order valence-corrected chi connectivity index (χ2v) is 5.89. The van der Waals surface area contributed by atoms with Crippen molar-refractivity contribution in [1.82, 2.24) is 4.90 Å². The molecule has 0 aliphatic carbocycles. The monoisotopic (exact) mass is 364 g/mol. The van der Waals surface area contributed by atoms with Crippen LogP contribution in [0, 0.1) is 11.6 Å². The molecule has 2 rings (SSSR count). The van der Waals surface area contributed by atoms with Crippen LogP contribution < -0.4 is 14.8 Å². The van der Waals surface area contributed by atoms with Crippen molar-refractivity contribution in [2.75, 3.05) is 26.6 Å². The lowest BCUT2D eigenvalue weighted by atomic mass is 10.1. The Hall–Kier alpha value is -2.67. The number of halogens is 2. The molecule has 0 saturated carbocycles. The number of carbonyl (C=O) groups excluding carboxylic acids is 1. The normalized spacial score (nSPS) is 12.0. The molecule has 1 unspecified atom stereocenters. The minimum atomic E-state index is -0.686. The smallest absolute Gasteiger partial charge is 0.241 e. The summed E-state index contributed by atoms with van der Waals surface area (Å²) in [6.07, 6.45) is 0. The number of nitrogens with zero attached hydrogens (tertiary/aromatic N) is 1. The van der Waals surface area contributed by atoms with Gasteiger partial charge in [0.25, 0.3) is 0 Å². The molecule has 140 valence electrons. The first-order chi connectivity index (χ1) is 12.3. The van der Waals surface area contributed by atoms with E-state index in [0.717, 1.165) is 23.8 Å². The molecule has 1 amide bonds. The maximum absolute atomic E-state index is 13.7. The number of methoxy groups -OCH3 is 2.